The number of alkyl halides is 3. The van der Waals surface area contributed by atoms with Gasteiger partial charge in [-0.15, -0.1) is 0 Å². The number of hydrogen-bond acceptors (Lipinski definition) is 3. The molecular formula is C14H15F3N4. The minimum absolute atomic E-state index is 0.0651. The largest absolute Gasteiger partial charge is 0.392 e. The summed E-state index contributed by atoms with van der Waals surface area (Å²) in [5, 5.41) is 0. The second-order valence-corrected chi connectivity index (χ2v) is 5.22. The van der Waals surface area contributed by atoms with Gasteiger partial charge in [0.2, 0.25) is 0 Å². The monoisotopic (exact) mass is 296 g/mol. The van der Waals surface area contributed by atoms with Gasteiger partial charge in [-0.2, -0.15) is 13.2 Å². The molecule has 0 amide bonds. The lowest BCUT2D eigenvalue weighted by atomic mass is 9.97. The second kappa shape index (κ2) is 5.14. The fourth-order valence-corrected chi connectivity index (χ4v) is 2.53. The molecule has 2 aromatic heterocycles. The van der Waals surface area contributed by atoms with Crippen LogP contribution in [-0.2, 0) is 19.5 Å². The van der Waals surface area contributed by atoms with Crippen LogP contribution in [0.2, 0.25) is 0 Å². The molecule has 3 rings (SSSR count). The van der Waals surface area contributed by atoms with Crippen LogP contribution in [0, 0.1) is 5.92 Å². The smallest absolute Gasteiger partial charge is 0.334 e. The number of fused-ring (bicyclic) bond motifs is 1. The zero-order valence-electron chi connectivity index (χ0n) is 11.3. The van der Waals surface area contributed by atoms with Gasteiger partial charge in [0.25, 0.3) is 0 Å². The first-order valence-corrected chi connectivity index (χ1v) is 6.75. The molecule has 0 radical (unpaired) electrons. The molecule has 0 fully saturated rings. The first kappa shape index (κ1) is 14.1. The highest BCUT2D eigenvalue weighted by atomic mass is 19.4. The van der Waals surface area contributed by atoms with Crippen molar-refractivity contribution >= 4 is 0 Å². The zero-order valence-corrected chi connectivity index (χ0v) is 11.3. The van der Waals surface area contributed by atoms with Crippen molar-refractivity contribution in [2.75, 3.05) is 0 Å². The number of aryl methyl sites for hydroxylation is 1. The molecule has 3 heterocycles. The summed E-state index contributed by atoms with van der Waals surface area (Å²) in [5.41, 5.74) is 7.67. The molecule has 2 aromatic rings. The second-order valence-electron chi connectivity index (χ2n) is 5.22. The Morgan fingerprint density at radius 3 is 2.71 bits per heavy atom. The van der Waals surface area contributed by atoms with Crippen molar-refractivity contribution in [3.05, 3.63) is 35.9 Å². The highest BCUT2D eigenvalue weighted by Crippen LogP contribution is 2.35. The Balaban J connectivity index is 1.86. The molecule has 0 spiro atoms. The molecule has 0 saturated carbocycles. The molecule has 1 aliphatic heterocycles. The zero-order chi connectivity index (χ0) is 15.0. The first-order chi connectivity index (χ1) is 9.97. The topological polar surface area (TPSA) is 56.7 Å². The average Bonchev–Trinajstić information content (AvgIpc) is 2.89. The van der Waals surface area contributed by atoms with Gasteiger partial charge in [0.1, 0.15) is 11.5 Å². The van der Waals surface area contributed by atoms with Crippen LogP contribution in [0.1, 0.15) is 17.8 Å². The molecule has 4 nitrogen and oxygen atoms in total. The van der Waals surface area contributed by atoms with Crippen LogP contribution in [0.4, 0.5) is 13.2 Å². The average molecular weight is 296 g/mol. The Morgan fingerprint density at radius 2 is 2.10 bits per heavy atom. The Bertz CT molecular complexity index is 631. The first-order valence-electron chi connectivity index (χ1n) is 6.75. The van der Waals surface area contributed by atoms with Crippen molar-refractivity contribution in [2.45, 2.75) is 32.1 Å². The van der Waals surface area contributed by atoms with Crippen molar-refractivity contribution in [2.24, 2.45) is 11.7 Å². The number of nitrogens with zero attached hydrogens (tertiary/aromatic N) is 3. The summed E-state index contributed by atoms with van der Waals surface area (Å²) in [7, 11) is 0. The lowest BCUT2D eigenvalue weighted by Crippen LogP contribution is -2.31. The predicted octanol–water partition coefficient (Wildman–Crippen LogP) is 2.53. The van der Waals surface area contributed by atoms with E-state index in [0.29, 0.717) is 30.3 Å². The third-order valence-corrected chi connectivity index (χ3v) is 3.79. The van der Waals surface area contributed by atoms with Crippen molar-refractivity contribution in [3.63, 3.8) is 0 Å². The molecule has 0 bridgehead atoms. The number of hydrogen-bond donors (Lipinski definition) is 1. The molecule has 1 aliphatic rings. The van der Waals surface area contributed by atoms with Crippen LogP contribution >= 0.6 is 0 Å². The van der Waals surface area contributed by atoms with E-state index in [1.807, 2.05) is 6.07 Å². The maximum absolute atomic E-state index is 12.8. The number of nitrogens with two attached hydrogens (primary N) is 1. The van der Waals surface area contributed by atoms with Gasteiger partial charge in [0, 0.05) is 31.9 Å². The lowest BCUT2D eigenvalue weighted by molar-refractivity contribution is -0.179. The summed E-state index contributed by atoms with van der Waals surface area (Å²) in [4.78, 5) is 8.56. The quantitative estimate of drug-likeness (QED) is 0.926. The van der Waals surface area contributed by atoms with Gasteiger partial charge in [-0.05, 0) is 18.1 Å². The Kier molecular flexibility index (Phi) is 3.44. The summed E-state index contributed by atoms with van der Waals surface area (Å²) >= 11 is 0. The van der Waals surface area contributed by atoms with Gasteiger partial charge in [0.15, 0.2) is 0 Å². The van der Waals surface area contributed by atoms with E-state index in [4.69, 9.17) is 5.73 Å². The standard InChI is InChI=1S/C14H15F3N4/c15-14(16,17)10-3-4-21-8-12(20-13(21)5-10)11-2-1-9(6-18)7-19-11/h1-2,7-8,10H,3-6,18H2. The molecule has 1 atom stereocenters. The number of halogens is 3. The van der Waals surface area contributed by atoms with Crippen molar-refractivity contribution in [1.29, 1.82) is 0 Å². The van der Waals surface area contributed by atoms with Gasteiger partial charge in [0.05, 0.1) is 11.6 Å². The summed E-state index contributed by atoms with van der Waals surface area (Å²) in [5.74, 6) is -0.823. The normalized spacial score (nSPS) is 18.6. The van der Waals surface area contributed by atoms with Crippen LogP contribution in [0.15, 0.2) is 24.5 Å². The fraction of sp³-hybridized carbons (Fsp3) is 0.429. The van der Waals surface area contributed by atoms with E-state index in [-0.39, 0.29) is 12.8 Å². The van der Waals surface area contributed by atoms with Crippen molar-refractivity contribution in [3.8, 4) is 11.4 Å². The SMILES string of the molecule is NCc1ccc(-c2cn3c(n2)CC(C(F)(F)F)CC3)nc1. The van der Waals surface area contributed by atoms with E-state index < -0.39 is 12.1 Å². The van der Waals surface area contributed by atoms with Gasteiger partial charge in [-0.3, -0.25) is 4.98 Å². The van der Waals surface area contributed by atoms with E-state index in [1.54, 1.807) is 23.0 Å². The van der Waals surface area contributed by atoms with Crippen molar-refractivity contribution < 1.29 is 13.2 Å². The number of rotatable bonds is 2. The molecule has 1 unspecified atom stereocenters. The molecule has 0 saturated heterocycles. The Hall–Kier alpha value is -1.89. The van der Waals surface area contributed by atoms with Crippen LogP contribution in [0.25, 0.3) is 11.4 Å². The van der Waals surface area contributed by atoms with Crippen LogP contribution in [0.5, 0.6) is 0 Å². The van der Waals surface area contributed by atoms with E-state index in [2.05, 4.69) is 9.97 Å². The molecule has 21 heavy (non-hydrogen) atoms. The maximum atomic E-state index is 12.8. The molecule has 0 aliphatic carbocycles. The summed E-state index contributed by atoms with van der Waals surface area (Å²) in [6, 6.07) is 3.64. The van der Waals surface area contributed by atoms with E-state index in [1.165, 1.54) is 0 Å². The molecule has 2 N–H and O–H groups in total. The number of aromatic nitrogens is 3. The Morgan fingerprint density at radius 1 is 1.29 bits per heavy atom. The number of pyridine rings is 1. The van der Waals surface area contributed by atoms with Gasteiger partial charge in [-0.1, -0.05) is 6.07 Å². The van der Waals surface area contributed by atoms with E-state index in [0.717, 1.165) is 5.56 Å². The fourth-order valence-electron chi connectivity index (χ4n) is 2.53. The highest BCUT2D eigenvalue weighted by molar-refractivity contribution is 5.53. The van der Waals surface area contributed by atoms with Gasteiger partial charge < -0.3 is 10.3 Å². The summed E-state index contributed by atoms with van der Waals surface area (Å²) in [6.45, 7) is 0.744. The minimum atomic E-state index is -4.15. The summed E-state index contributed by atoms with van der Waals surface area (Å²) in [6.07, 6.45) is -0.687. The molecule has 0 aromatic carbocycles. The third kappa shape index (κ3) is 2.78. The van der Waals surface area contributed by atoms with E-state index in [9.17, 15) is 13.2 Å². The molecular weight excluding hydrogens is 281 g/mol. The Labute approximate surface area is 119 Å². The van der Waals surface area contributed by atoms with Crippen LogP contribution in [-0.4, -0.2) is 20.7 Å². The van der Waals surface area contributed by atoms with Crippen molar-refractivity contribution in [1.82, 2.24) is 14.5 Å². The minimum Gasteiger partial charge on any atom is -0.334 e. The van der Waals surface area contributed by atoms with Gasteiger partial charge in [-0.25, -0.2) is 4.98 Å². The van der Waals surface area contributed by atoms with Crippen LogP contribution < -0.4 is 5.73 Å². The highest BCUT2D eigenvalue weighted by Gasteiger charge is 2.41. The maximum Gasteiger partial charge on any atom is 0.392 e. The molecule has 7 heteroatoms. The summed E-state index contributed by atoms with van der Waals surface area (Å²) < 4.78 is 40.1. The molecule has 112 valence electrons. The van der Waals surface area contributed by atoms with E-state index >= 15 is 0 Å². The number of imidazole rings is 1. The van der Waals surface area contributed by atoms with Crippen LogP contribution in [0.3, 0.4) is 0 Å². The predicted molar refractivity (Wildman–Crippen MR) is 71.2 cm³/mol. The third-order valence-electron chi connectivity index (χ3n) is 3.79. The van der Waals surface area contributed by atoms with Gasteiger partial charge >= 0.3 is 6.18 Å². The lowest BCUT2D eigenvalue weighted by Gasteiger charge is -2.25.